The molecule has 1 aliphatic heterocycles. The Labute approximate surface area is 164 Å². The van der Waals surface area contributed by atoms with Gasteiger partial charge in [0.1, 0.15) is 17.0 Å². The van der Waals surface area contributed by atoms with Crippen LogP contribution in [0.4, 0.5) is 5.82 Å². The van der Waals surface area contributed by atoms with Gasteiger partial charge >= 0.3 is 0 Å². The van der Waals surface area contributed by atoms with Gasteiger partial charge < -0.3 is 10.1 Å². The highest BCUT2D eigenvalue weighted by atomic mass is 32.1. The van der Waals surface area contributed by atoms with Gasteiger partial charge in [0.2, 0.25) is 0 Å². The lowest BCUT2D eigenvalue weighted by Gasteiger charge is -2.31. The lowest BCUT2D eigenvalue weighted by Crippen LogP contribution is -2.40. The van der Waals surface area contributed by atoms with E-state index in [1.165, 1.54) is 21.6 Å². The van der Waals surface area contributed by atoms with Crippen LogP contribution in [0.3, 0.4) is 0 Å². The number of aryl methyl sites for hydroxylation is 3. The molecule has 3 aromatic rings. The van der Waals surface area contributed by atoms with Crippen LogP contribution >= 0.6 is 11.3 Å². The molecule has 1 fully saturated rings. The summed E-state index contributed by atoms with van der Waals surface area (Å²) in [5, 5.41) is 4.88. The number of hydrogen-bond donors (Lipinski definition) is 1. The molecule has 1 atom stereocenters. The van der Waals surface area contributed by atoms with Crippen molar-refractivity contribution in [3.63, 3.8) is 0 Å². The van der Waals surface area contributed by atoms with Gasteiger partial charge in [-0.05, 0) is 31.9 Å². The fraction of sp³-hybridized carbons (Fsp3) is 0.429. The minimum atomic E-state index is 0.168. The Kier molecular flexibility index (Phi) is 5.38. The number of morpholine rings is 1. The highest BCUT2D eigenvalue weighted by Gasteiger charge is 2.21. The molecule has 6 heteroatoms. The summed E-state index contributed by atoms with van der Waals surface area (Å²) < 4.78 is 5.52. The quantitative estimate of drug-likeness (QED) is 0.720. The summed E-state index contributed by atoms with van der Waals surface area (Å²) in [5.74, 6) is 0.931. The largest absolute Gasteiger partial charge is 0.379 e. The van der Waals surface area contributed by atoms with Gasteiger partial charge in [0.25, 0.3) is 0 Å². The molecule has 142 valence electrons. The van der Waals surface area contributed by atoms with Crippen molar-refractivity contribution in [2.24, 2.45) is 0 Å². The van der Waals surface area contributed by atoms with Gasteiger partial charge in [0, 0.05) is 24.5 Å². The molecule has 5 nitrogen and oxygen atoms in total. The van der Waals surface area contributed by atoms with E-state index in [1.54, 1.807) is 17.7 Å². The predicted octanol–water partition coefficient (Wildman–Crippen LogP) is 4.10. The zero-order chi connectivity index (χ0) is 18.8. The molecule has 0 saturated carbocycles. The van der Waals surface area contributed by atoms with Gasteiger partial charge in [0.05, 0.1) is 24.6 Å². The first-order valence-electron chi connectivity index (χ1n) is 9.45. The van der Waals surface area contributed by atoms with Crippen LogP contribution in [0.1, 0.15) is 27.6 Å². The number of anilines is 1. The molecule has 2 aromatic heterocycles. The average Bonchev–Trinajstić information content (AvgIpc) is 2.98. The Morgan fingerprint density at radius 2 is 1.85 bits per heavy atom. The van der Waals surface area contributed by atoms with Crippen molar-refractivity contribution in [2.45, 2.75) is 26.8 Å². The minimum Gasteiger partial charge on any atom is -0.379 e. The van der Waals surface area contributed by atoms with E-state index in [9.17, 15) is 0 Å². The van der Waals surface area contributed by atoms with Crippen LogP contribution in [0.15, 0.2) is 30.6 Å². The smallest absolute Gasteiger partial charge is 0.138 e. The van der Waals surface area contributed by atoms with Crippen LogP contribution in [0.25, 0.3) is 10.2 Å². The van der Waals surface area contributed by atoms with Gasteiger partial charge in [-0.2, -0.15) is 0 Å². The van der Waals surface area contributed by atoms with Crippen LogP contribution < -0.4 is 5.32 Å². The summed E-state index contributed by atoms with van der Waals surface area (Å²) in [7, 11) is 0. The van der Waals surface area contributed by atoms with Gasteiger partial charge in [-0.15, -0.1) is 11.3 Å². The molecule has 1 aliphatic rings. The first kappa shape index (κ1) is 18.3. The van der Waals surface area contributed by atoms with Crippen LogP contribution in [-0.4, -0.2) is 47.7 Å². The summed E-state index contributed by atoms with van der Waals surface area (Å²) >= 11 is 1.74. The third-order valence-corrected chi connectivity index (χ3v) is 6.42. The van der Waals surface area contributed by atoms with E-state index in [-0.39, 0.29) is 6.04 Å². The monoisotopic (exact) mass is 382 g/mol. The molecule has 4 rings (SSSR count). The van der Waals surface area contributed by atoms with Crippen LogP contribution in [-0.2, 0) is 4.74 Å². The fourth-order valence-electron chi connectivity index (χ4n) is 3.53. The Hall–Kier alpha value is -2.02. The lowest BCUT2D eigenvalue weighted by atomic mass is 10.0. The van der Waals surface area contributed by atoms with Gasteiger partial charge in [0.15, 0.2) is 0 Å². The van der Waals surface area contributed by atoms with Crippen molar-refractivity contribution in [2.75, 3.05) is 38.2 Å². The highest BCUT2D eigenvalue weighted by Crippen LogP contribution is 2.34. The second-order valence-corrected chi connectivity index (χ2v) is 8.41. The van der Waals surface area contributed by atoms with Crippen LogP contribution in [0, 0.1) is 20.8 Å². The Bertz CT molecular complexity index is 916. The number of hydrogen-bond acceptors (Lipinski definition) is 6. The van der Waals surface area contributed by atoms with Crippen molar-refractivity contribution in [3.8, 4) is 0 Å². The average molecular weight is 383 g/mol. The lowest BCUT2D eigenvalue weighted by molar-refractivity contribution is 0.0361. The van der Waals surface area contributed by atoms with Gasteiger partial charge in [-0.25, -0.2) is 9.97 Å². The van der Waals surface area contributed by atoms with E-state index in [4.69, 9.17) is 4.74 Å². The number of nitrogens with zero attached hydrogens (tertiary/aromatic N) is 3. The molecule has 1 N–H and O–H groups in total. The summed E-state index contributed by atoms with van der Waals surface area (Å²) in [5.41, 5.74) is 3.83. The van der Waals surface area contributed by atoms with Crippen molar-refractivity contribution in [1.29, 1.82) is 0 Å². The maximum atomic E-state index is 5.52. The number of rotatable bonds is 5. The van der Waals surface area contributed by atoms with Gasteiger partial charge in [-0.1, -0.05) is 29.8 Å². The third-order valence-electron chi connectivity index (χ3n) is 5.30. The predicted molar refractivity (Wildman–Crippen MR) is 112 cm³/mol. The molecule has 0 radical (unpaired) electrons. The van der Waals surface area contributed by atoms with Gasteiger partial charge in [-0.3, -0.25) is 4.90 Å². The van der Waals surface area contributed by atoms with Crippen molar-refractivity contribution in [1.82, 2.24) is 14.9 Å². The minimum absolute atomic E-state index is 0.168. The van der Waals surface area contributed by atoms with E-state index in [0.29, 0.717) is 0 Å². The summed E-state index contributed by atoms with van der Waals surface area (Å²) in [6.45, 7) is 10.9. The van der Waals surface area contributed by atoms with Crippen LogP contribution in [0.5, 0.6) is 0 Å². The molecule has 0 unspecified atom stereocenters. The van der Waals surface area contributed by atoms with Crippen molar-refractivity contribution < 1.29 is 4.74 Å². The molecule has 0 bridgehead atoms. The van der Waals surface area contributed by atoms with E-state index < -0.39 is 0 Å². The Balaban J connectivity index is 1.67. The second kappa shape index (κ2) is 7.92. The zero-order valence-corrected chi connectivity index (χ0v) is 17.0. The standard InChI is InChI=1S/C21H26N4OS/c1-14-4-6-17(7-5-14)18(12-25-8-10-26-11-9-25)24-20-19-15(2)16(3)27-21(19)23-13-22-20/h4-7,13,18H,8-12H2,1-3H3,(H,22,23,24)/t18-/m1/s1. The Morgan fingerprint density at radius 3 is 2.59 bits per heavy atom. The number of nitrogens with one attached hydrogen (secondary N) is 1. The molecular weight excluding hydrogens is 356 g/mol. The number of ether oxygens (including phenoxy) is 1. The maximum absolute atomic E-state index is 5.52. The molecule has 1 aromatic carbocycles. The first-order chi connectivity index (χ1) is 13.1. The molecule has 0 aliphatic carbocycles. The molecule has 0 amide bonds. The van der Waals surface area contributed by atoms with Crippen molar-refractivity contribution >= 4 is 27.4 Å². The summed E-state index contributed by atoms with van der Waals surface area (Å²) in [6, 6.07) is 8.97. The third kappa shape index (κ3) is 3.98. The number of benzene rings is 1. The topological polar surface area (TPSA) is 50.3 Å². The molecule has 0 spiro atoms. The Morgan fingerprint density at radius 1 is 1.11 bits per heavy atom. The molecule has 1 saturated heterocycles. The molecular formula is C21H26N4OS. The van der Waals surface area contributed by atoms with E-state index in [0.717, 1.165) is 48.9 Å². The normalized spacial score (nSPS) is 16.6. The zero-order valence-electron chi connectivity index (χ0n) is 16.2. The molecule has 27 heavy (non-hydrogen) atoms. The van der Waals surface area contributed by atoms with E-state index >= 15 is 0 Å². The first-order valence-corrected chi connectivity index (χ1v) is 10.3. The fourth-order valence-corrected chi connectivity index (χ4v) is 4.53. The number of fused-ring (bicyclic) bond motifs is 1. The second-order valence-electron chi connectivity index (χ2n) is 7.21. The maximum Gasteiger partial charge on any atom is 0.138 e. The number of thiophene rings is 1. The van der Waals surface area contributed by atoms with E-state index in [2.05, 4.69) is 65.2 Å². The highest BCUT2D eigenvalue weighted by molar-refractivity contribution is 7.18. The van der Waals surface area contributed by atoms with Crippen LogP contribution in [0.2, 0.25) is 0 Å². The summed E-state index contributed by atoms with van der Waals surface area (Å²) in [4.78, 5) is 13.9. The molecule has 3 heterocycles. The van der Waals surface area contributed by atoms with E-state index in [1.807, 2.05) is 0 Å². The SMILES string of the molecule is Cc1ccc([C@@H](CN2CCOCC2)Nc2ncnc3sc(C)c(C)c23)cc1. The summed E-state index contributed by atoms with van der Waals surface area (Å²) in [6.07, 6.45) is 1.67. The van der Waals surface area contributed by atoms with Crippen molar-refractivity contribution in [3.05, 3.63) is 52.2 Å². The number of aromatic nitrogens is 2.